The van der Waals surface area contributed by atoms with Gasteiger partial charge >= 0.3 is 0 Å². The molecule has 0 saturated heterocycles. The van der Waals surface area contributed by atoms with E-state index in [1.54, 1.807) is 5.57 Å². The third kappa shape index (κ3) is 1.73. The van der Waals surface area contributed by atoms with E-state index in [2.05, 4.69) is 32.1 Å². The van der Waals surface area contributed by atoms with Gasteiger partial charge in [-0.3, -0.25) is 0 Å². The van der Waals surface area contributed by atoms with Gasteiger partial charge in [0.25, 0.3) is 0 Å². The highest BCUT2D eigenvalue weighted by molar-refractivity contribution is 5.19. The van der Waals surface area contributed by atoms with E-state index in [1.165, 1.54) is 19.3 Å². The summed E-state index contributed by atoms with van der Waals surface area (Å²) in [6, 6.07) is 0. The van der Waals surface area contributed by atoms with Crippen LogP contribution in [-0.2, 0) is 0 Å². The van der Waals surface area contributed by atoms with E-state index in [9.17, 15) is 0 Å². The molecule has 1 rings (SSSR count). The average Bonchev–Trinajstić information content (AvgIpc) is 2.05. The van der Waals surface area contributed by atoms with Crippen molar-refractivity contribution in [3.05, 3.63) is 23.8 Å². The molecule has 0 aromatic rings. The molecule has 0 saturated carbocycles. The van der Waals surface area contributed by atoms with Crippen molar-refractivity contribution in [2.75, 3.05) is 0 Å². The maximum Gasteiger partial charge on any atom is -0.0196 e. The van der Waals surface area contributed by atoms with Crippen molar-refractivity contribution in [1.29, 1.82) is 0 Å². The van der Waals surface area contributed by atoms with Crippen LogP contribution >= 0.6 is 0 Å². The summed E-state index contributed by atoms with van der Waals surface area (Å²) in [6.07, 6.45) is 10.6. The molecular weight excluding hydrogens is 120 g/mol. The number of rotatable bonds is 2. The van der Waals surface area contributed by atoms with Crippen molar-refractivity contribution in [1.82, 2.24) is 0 Å². The summed E-state index contributed by atoms with van der Waals surface area (Å²) in [5, 5.41) is 0. The third-order valence-electron chi connectivity index (χ3n) is 2.22. The smallest absolute Gasteiger partial charge is 0.0196 e. The van der Waals surface area contributed by atoms with Gasteiger partial charge in [-0.05, 0) is 25.2 Å². The molecule has 0 amide bonds. The molecule has 1 aliphatic rings. The van der Waals surface area contributed by atoms with Crippen molar-refractivity contribution in [2.24, 2.45) is 5.92 Å². The summed E-state index contributed by atoms with van der Waals surface area (Å²) in [7, 11) is 0. The minimum absolute atomic E-state index is 0.819. The molecule has 0 heterocycles. The van der Waals surface area contributed by atoms with Crippen LogP contribution in [0.2, 0.25) is 0 Å². The van der Waals surface area contributed by atoms with Crippen LogP contribution in [0.15, 0.2) is 23.8 Å². The minimum Gasteiger partial charge on any atom is -0.0811 e. The Morgan fingerprint density at radius 1 is 1.50 bits per heavy atom. The van der Waals surface area contributed by atoms with E-state index in [4.69, 9.17) is 0 Å². The highest BCUT2D eigenvalue weighted by Crippen LogP contribution is 2.22. The van der Waals surface area contributed by atoms with Crippen LogP contribution in [0.4, 0.5) is 0 Å². The lowest BCUT2D eigenvalue weighted by Crippen LogP contribution is -1.99. The second-order valence-corrected chi connectivity index (χ2v) is 2.94. The first-order valence-corrected chi connectivity index (χ1v) is 4.23. The Kier molecular flexibility index (Phi) is 2.73. The topological polar surface area (TPSA) is 0 Å². The van der Waals surface area contributed by atoms with Gasteiger partial charge in [0.05, 0.1) is 0 Å². The fourth-order valence-electron chi connectivity index (χ4n) is 1.36. The Bertz CT molecular complexity index is 151. The first-order chi connectivity index (χ1) is 4.86. The zero-order chi connectivity index (χ0) is 7.40. The molecule has 0 nitrogen and oxygen atoms in total. The lowest BCUT2D eigenvalue weighted by molar-refractivity contribution is 0.604. The lowest BCUT2D eigenvalue weighted by Gasteiger charge is -2.14. The number of hydrogen-bond donors (Lipinski definition) is 0. The van der Waals surface area contributed by atoms with Crippen LogP contribution in [0.5, 0.6) is 0 Å². The SMILES string of the molecule is CCC1=CC=CC(CC)C1. The molecule has 0 aromatic heterocycles. The maximum atomic E-state index is 2.32. The standard InChI is InChI=1S/C10H16/c1-3-9-6-5-7-10(4-2)8-9/h5-7,9H,3-4,8H2,1-2H3. The molecule has 0 aromatic carbocycles. The Morgan fingerprint density at radius 3 is 2.90 bits per heavy atom. The van der Waals surface area contributed by atoms with Gasteiger partial charge in [-0.2, -0.15) is 0 Å². The van der Waals surface area contributed by atoms with Gasteiger partial charge in [0, 0.05) is 0 Å². The summed E-state index contributed by atoms with van der Waals surface area (Å²) in [4.78, 5) is 0. The van der Waals surface area contributed by atoms with Gasteiger partial charge in [-0.25, -0.2) is 0 Å². The van der Waals surface area contributed by atoms with Gasteiger partial charge in [0.2, 0.25) is 0 Å². The zero-order valence-corrected chi connectivity index (χ0v) is 6.93. The van der Waals surface area contributed by atoms with Crippen LogP contribution in [0.1, 0.15) is 33.1 Å². The van der Waals surface area contributed by atoms with Crippen LogP contribution in [-0.4, -0.2) is 0 Å². The van der Waals surface area contributed by atoms with Gasteiger partial charge < -0.3 is 0 Å². The Labute approximate surface area is 63.6 Å². The molecule has 0 aliphatic heterocycles. The zero-order valence-electron chi connectivity index (χ0n) is 6.93. The molecule has 0 N–H and O–H groups in total. The molecule has 0 heteroatoms. The highest BCUT2D eigenvalue weighted by Gasteiger charge is 2.06. The van der Waals surface area contributed by atoms with Crippen LogP contribution in [0.3, 0.4) is 0 Å². The Balaban J connectivity index is 2.50. The van der Waals surface area contributed by atoms with Crippen molar-refractivity contribution < 1.29 is 0 Å². The quantitative estimate of drug-likeness (QED) is 0.546. The van der Waals surface area contributed by atoms with Crippen LogP contribution < -0.4 is 0 Å². The highest BCUT2D eigenvalue weighted by atomic mass is 14.1. The minimum atomic E-state index is 0.819. The second-order valence-electron chi connectivity index (χ2n) is 2.94. The van der Waals surface area contributed by atoms with Crippen LogP contribution in [0.25, 0.3) is 0 Å². The van der Waals surface area contributed by atoms with Crippen molar-refractivity contribution >= 4 is 0 Å². The average molecular weight is 136 g/mol. The van der Waals surface area contributed by atoms with Crippen LogP contribution in [0, 0.1) is 5.92 Å². The molecule has 0 fully saturated rings. The van der Waals surface area contributed by atoms with E-state index in [0.29, 0.717) is 0 Å². The third-order valence-corrected chi connectivity index (χ3v) is 2.22. The molecule has 56 valence electrons. The maximum absolute atomic E-state index is 2.32. The predicted molar refractivity (Wildman–Crippen MR) is 45.9 cm³/mol. The van der Waals surface area contributed by atoms with Crippen molar-refractivity contribution in [3.63, 3.8) is 0 Å². The first kappa shape index (κ1) is 7.59. The van der Waals surface area contributed by atoms with Gasteiger partial charge in [-0.1, -0.05) is 37.6 Å². The fourth-order valence-corrected chi connectivity index (χ4v) is 1.36. The normalized spacial score (nSPS) is 24.6. The van der Waals surface area contributed by atoms with Crippen molar-refractivity contribution in [2.45, 2.75) is 33.1 Å². The first-order valence-electron chi connectivity index (χ1n) is 4.23. The summed E-state index contributed by atoms with van der Waals surface area (Å²) in [5.41, 5.74) is 1.61. The van der Waals surface area contributed by atoms with E-state index >= 15 is 0 Å². The number of hydrogen-bond acceptors (Lipinski definition) is 0. The monoisotopic (exact) mass is 136 g/mol. The van der Waals surface area contributed by atoms with E-state index in [0.717, 1.165) is 5.92 Å². The van der Waals surface area contributed by atoms with Crippen molar-refractivity contribution in [3.8, 4) is 0 Å². The summed E-state index contributed by atoms with van der Waals surface area (Å²) < 4.78 is 0. The molecule has 0 spiro atoms. The predicted octanol–water partition coefficient (Wildman–Crippen LogP) is 3.31. The van der Waals surface area contributed by atoms with E-state index < -0.39 is 0 Å². The largest absolute Gasteiger partial charge is 0.0811 e. The van der Waals surface area contributed by atoms with Gasteiger partial charge in [0.1, 0.15) is 0 Å². The fraction of sp³-hybridized carbons (Fsp3) is 0.600. The summed E-state index contributed by atoms with van der Waals surface area (Å²) >= 11 is 0. The van der Waals surface area contributed by atoms with E-state index in [-0.39, 0.29) is 0 Å². The molecule has 0 bridgehead atoms. The molecular formula is C10H16. The van der Waals surface area contributed by atoms with Gasteiger partial charge in [0.15, 0.2) is 0 Å². The number of allylic oxidation sites excluding steroid dienone is 4. The molecule has 10 heavy (non-hydrogen) atoms. The molecule has 1 unspecified atom stereocenters. The summed E-state index contributed by atoms with van der Waals surface area (Å²) in [6.45, 7) is 4.49. The molecule has 0 radical (unpaired) electrons. The summed E-state index contributed by atoms with van der Waals surface area (Å²) in [5.74, 6) is 0.819. The van der Waals surface area contributed by atoms with E-state index in [1.807, 2.05) is 0 Å². The Hall–Kier alpha value is -0.520. The molecule has 1 aliphatic carbocycles. The lowest BCUT2D eigenvalue weighted by atomic mass is 9.91. The Morgan fingerprint density at radius 2 is 2.30 bits per heavy atom. The second kappa shape index (κ2) is 3.60. The molecule has 1 atom stereocenters. The van der Waals surface area contributed by atoms with Gasteiger partial charge in [-0.15, -0.1) is 0 Å².